The van der Waals surface area contributed by atoms with Gasteiger partial charge >= 0.3 is 0 Å². The molecule has 0 bridgehead atoms. The zero-order chi connectivity index (χ0) is 22.5. The summed E-state index contributed by atoms with van der Waals surface area (Å²) in [4.78, 5) is 18.9. The molecule has 5 aromatic rings. The molecule has 0 fully saturated rings. The van der Waals surface area contributed by atoms with Gasteiger partial charge in [-0.05, 0) is 73.3 Å². The first-order valence-corrected chi connectivity index (χ1v) is 11.4. The van der Waals surface area contributed by atoms with Crippen LogP contribution in [0.3, 0.4) is 0 Å². The molecule has 5 nitrogen and oxygen atoms in total. The van der Waals surface area contributed by atoms with E-state index in [4.69, 9.17) is 4.74 Å². The minimum atomic E-state index is -0.100. The highest BCUT2D eigenvalue weighted by atomic mass is 16.5. The lowest BCUT2D eigenvalue weighted by Crippen LogP contribution is -2.20. The maximum atomic E-state index is 12.6. The molecule has 0 aliphatic rings. The van der Waals surface area contributed by atoms with Crippen molar-refractivity contribution in [2.75, 3.05) is 19.7 Å². The van der Waals surface area contributed by atoms with Gasteiger partial charge in [-0.1, -0.05) is 48.5 Å². The van der Waals surface area contributed by atoms with Crippen molar-refractivity contribution < 1.29 is 4.74 Å². The largest absolute Gasteiger partial charge is 0.494 e. The highest BCUT2D eigenvalue weighted by Gasteiger charge is 2.09. The van der Waals surface area contributed by atoms with Gasteiger partial charge in [0.1, 0.15) is 5.75 Å². The molecule has 3 N–H and O–H groups in total. The summed E-state index contributed by atoms with van der Waals surface area (Å²) in [6, 6.07) is 28.2. The summed E-state index contributed by atoms with van der Waals surface area (Å²) in [5, 5.41) is 5.50. The highest BCUT2D eigenvalue weighted by Crippen LogP contribution is 2.26. The molecule has 2 heterocycles. The van der Waals surface area contributed by atoms with Gasteiger partial charge in [0, 0.05) is 16.4 Å². The number of H-pyrrole nitrogens is 2. The molecule has 0 aliphatic carbocycles. The normalized spacial score (nSPS) is 11.3. The summed E-state index contributed by atoms with van der Waals surface area (Å²) in [6.07, 6.45) is 1.98. The van der Waals surface area contributed by atoms with E-state index in [9.17, 15) is 4.79 Å². The van der Waals surface area contributed by atoms with Gasteiger partial charge in [0.05, 0.1) is 17.9 Å². The van der Waals surface area contributed by atoms with E-state index in [0.717, 1.165) is 59.2 Å². The summed E-state index contributed by atoms with van der Waals surface area (Å²) in [5.41, 5.74) is 4.51. The monoisotopic (exact) mass is 437 g/mol. The summed E-state index contributed by atoms with van der Waals surface area (Å²) in [7, 11) is 0. The van der Waals surface area contributed by atoms with Gasteiger partial charge in [-0.3, -0.25) is 4.79 Å². The van der Waals surface area contributed by atoms with Crippen molar-refractivity contribution in [3.8, 4) is 17.0 Å². The number of para-hydroxylation sites is 1. The molecule has 0 amide bonds. The second kappa shape index (κ2) is 9.76. The maximum absolute atomic E-state index is 12.6. The van der Waals surface area contributed by atoms with Crippen molar-refractivity contribution in [1.82, 2.24) is 15.3 Å². The molecule has 0 unspecified atom stereocenters. The minimum Gasteiger partial charge on any atom is -0.494 e. The van der Waals surface area contributed by atoms with Crippen LogP contribution in [0.2, 0.25) is 0 Å². The number of pyridine rings is 1. The molecule has 5 rings (SSSR count). The molecule has 2 aromatic heterocycles. The smallest absolute Gasteiger partial charge is 0.257 e. The average Bonchev–Trinajstić information content (AvgIpc) is 3.27. The van der Waals surface area contributed by atoms with Gasteiger partial charge in [-0.25, -0.2) is 0 Å². The predicted octanol–water partition coefficient (Wildman–Crippen LogP) is 5.28. The van der Waals surface area contributed by atoms with Gasteiger partial charge in [0.15, 0.2) is 0 Å². The van der Waals surface area contributed by atoms with E-state index in [1.165, 1.54) is 5.56 Å². The first-order chi connectivity index (χ1) is 16.3. The Balaban J connectivity index is 1.18. The minimum absolute atomic E-state index is 0.100. The molecule has 166 valence electrons. The summed E-state index contributed by atoms with van der Waals surface area (Å²) in [5.74, 6) is 0.838. The Hall–Kier alpha value is -3.83. The number of ether oxygens (including phenoxy) is 1. The second-order valence-electron chi connectivity index (χ2n) is 8.22. The van der Waals surface area contributed by atoms with Crippen LogP contribution in [0.5, 0.6) is 5.75 Å². The van der Waals surface area contributed by atoms with E-state index in [1.807, 2.05) is 60.7 Å². The number of fused-ring (bicyclic) bond motifs is 2. The van der Waals surface area contributed by atoms with Crippen LogP contribution >= 0.6 is 0 Å². The zero-order valence-electron chi connectivity index (χ0n) is 18.4. The van der Waals surface area contributed by atoms with Gasteiger partial charge < -0.3 is 20.0 Å². The summed E-state index contributed by atoms with van der Waals surface area (Å²) in [6.45, 7) is 2.55. The number of nitrogens with one attached hydrogen (secondary N) is 3. The van der Waals surface area contributed by atoms with E-state index in [1.54, 1.807) is 0 Å². The summed E-state index contributed by atoms with van der Waals surface area (Å²) >= 11 is 0. The number of rotatable bonds is 9. The molecular weight excluding hydrogens is 410 g/mol. The van der Waals surface area contributed by atoms with Crippen molar-refractivity contribution in [3.63, 3.8) is 0 Å². The molecule has 0 atom stereocenters. The van der Waals surface area contributed by atoms with Gasteiger partial charge in [-0.2, -0.15) is 0 Å². The number of benzene rings is 3. The lowest BCUT2D eigenvalue weighted by atomic mass is 10.1. The second-order valence-corrected chi connectivity index (χ2v) is 8.22. The van der Waals surface area contributed by atoms with Crippen LogP contribution in [0.1, 0.15) is 12.0 Å². The molecule has 0 spiro atoms. The van der Waals surface area contributed by atoms with Crippen molar-refractivity contribution in [2.45, 2.75) is 12.8 Å². The fourth-order valence-electron chi connectivity index (χ4n) is 4.08. The van der Waals surface area contributed by atoms with Crippen LogP contribution in [0.4, 0.5) is 0 Å². The Kier molecular flexibility index (Phi) is 6.22. The van der Waals surface area contributed by atoms with Gasteiger partial charge in [0.25, 0.3) is 5.56 Å². The lowest BCUT2D eigenvalue weighted by Gasteiger charge is -2.07. The number of aromatic amines is 2. The number of hydrogen-bond donors (Lipinski definition) is 3. The van der Waals surface area contributed by atoms with Gasteiger partial charge in [-0.15, -0.1) is 0 Å². The Morgan fingerprint density at radius 3 is 2.48 bits per heavy atom. The van der Waals surface area contributed by atoms with Crippen LogP contribution in [-0.2, 0) is 6.42 Å². The van der Waals surface area contributed by atoms with Gasteiger partial charge in [0.2, 0.25) is 0 Å². The predicted molar refractivity (Wildman–Crippen MR) is 135 cm³/mol. The number of aromatic nitrogens is 2. The molecule has 0 radical (unpaired) electrons. The topological polar surface area (TPSA) is 69.9 Å². The van der Waals surface area contributed by atoms with Crippen molar-refractivity contribution in [2.24, 2.45) is 0 Å². The Morgan fingerprint density at radius 1 is 0.758 bits per heavy atom. The Bertz CT molecular complexity index is 1420. The third-order valence-corrected chi connectivity index (χ3v) is 5.84. The third kappa shape index (κ3) is 4.99. The maximum Gasteiger partial charge on any atom is 0.257 e. The van der Waals surface area contributed by atoms with E-state index < -0.39 is 0 Å². The summed E-state index contributed by atoms with van der Waals surface area (Å²) < 4.78 is 5.95. The first kappa shape index (κ1) is 21.0. The molecule has 5 heteroatoms. The van der Waals surface area contributed by atoms with E-state index >= 15 is 0 Å². The Labute approximate surface area is 192 Å². The molecule has 3 aromatic carbocycles. The standard InChI is InChI=1S/C28H27N3O2/c32-28-24(18-21-9-4-5-10-25(21)31-28)27-19-22-17-23(11-12-26(22)30-27)33-16-6-14-29-15-13-20-7-2-1-3-8-20/h1-5,7-12,17-19,29-30H,6,13-16H2,(H,31,32). The third-order valence-electron chi connectivity index (χ3n) is 5.84. The van der Waals surface area contributed by atoms with E-state index in [0.29, 0.717) is 12.2 Å². The quantitative estimate of drug-likeness (QED) is 0.275. The lowest BCUT2D eigenvalue weighted by molar-refractivity contribution is 0.309. The van der Waals surface area contributed by atoms with Crippen LogP contribution in [0.15, 0.2) is 89.7 Å². The fourth-order valence-corrected chi connectivity index (χ4v) is 4.08. The van der Waals surface area contributed by atoms with Crippen LogP contribution in [-0.4, -0.2) is 29.7 Å². The molecule has 0 aliphatic heterocycles. The van der Waals surface area contributed by atoms with E-state index in [-0.39, 0.29) is 5.56 Å². The van der Waals surface area contributed by atoms with Crippen molar-refractivity contribution in [1.29, 1.82) is 0 Å². The van der Waals surface area contributed by atoms with Crippen LogP contribution < -0.4 is 15.6 Å². The van der Waals surface area contributed by atoms with Crippen LogP contribution in [0.25, 0.3) is 33.1 Å². The van der Waals surface area contributed by atoms with Crippen molar-refractivity contribution >= 4 is 21.8 Å². The Morgan fingerprint density at radius 2 is 1.58 bits per heavy atom. The fraction of sp³-hybridized carbons (Fsp3) is 0.179. The van der Waals surface area contributed by atoms with E-state index in [2.05, 4.69) is 39.6 Å². The first-order valence-electron chi connectivity index (χ1n) is 11.4. The molecular formula is C28H27N3O2. The average molecular weight is 438 g/mol. The van der Waals surface area contributed by atoms with Crippen LogP contribution in [0, 0.1) is 0 Å². The number of hydrogen-bond acceptors (Lipinski definition) is 3. The van der Waals surface area contributed by atoms with Crippen molar-refractivity contribution in [3.05, 3.63) is 101 Å². The molecule has 0 saturated heterocycles. The zero-order valence-corrected chi connectivity index (χ0v) is 18.4. The SMILES string of the molecule is O=c1[nH]c2ccccc2cc1-c1cc2cc(OCCCNCCc3ccccc3)ccc2[nH]1. The molecule has 33 heavy (non-hydrogen) atoms. The highest BCUT2D eigenvalue weighted by molar-refractivity contribution is 5.89. The molecule has 0 saturated carbocycles.